The average molecular weight is 407 g/mol. The summed E-state index contributed by atoms with van der Waals surface area (Å²) in [5.74, 6) is -3.72. The maximum Gasteiger partial charge on any atom is 0.471 e. The van der Waals surface area contributed by atoms with Crippen LogP contribution in [0.4, 0.5) is 24.5 Å². The third-order valence-electron chi connectivity index (χ3n) is 4.52. The summed E-state index contributed by atoms with van der Waals surface area (Å²) >= 11 is 0. The zero-order valence-corrected chi connectivity index (χ0v) is 14.8. The third-order valence-corrected chi connectivity index (χ3v) is 4.52. The number of non-ortho nitro benzene ring substituents is 1. The van der Waals surface area contributed by atoms with E-state index in [1.54, 1.807) is 6.07 Å². The molecule has 8 nitrogen and oxygen atoms in total. The second kappa shape index (κ2) is 7.05. The summed E-state index contributed by atoms with van der Waals surface area (Å²) in [5.41, 5.74) is -0.533. The van der Waals surface area contributed by atoms with Crippen LogP contribution < -0.4 is 4.90 Å². The van der Waals surface area contributed by atoms with Crippen LogP contribution in [-0.2, 0) is 14.3 Å². The highest BCUT2D eigenvalue weighted by Crippen LogP contribution is 2.45. The van der Waals surface area contributed by atoms with Crippen LogP contribution in [0.2, 0.25) is 0 Å². The molecule has 1 unspecified atom stereocenters. The number of ether oxygens (including phenoxy) is 1. The number of esters is 1. The van der Waals surface area contributed by atoms with Crippen LogP contribution in [0.3, 0.4) is 0 Å². The lowest BCUT2D eigenvalue weighted by molar-refractivity contribution is -0.383. The summed E-state index contributed by atoms with van der Waals surface area (Å²) in [5, 5.41) is 20.9. The Labute approximate surface area is 161 Å². The first kappa shape index (κ1) is 20.1. The predicted molar refractivity (Wildman–Crippen MR) is 93.1 cm³/mol. The Morgan fingerprint density at radius 2 is 2.07 bits per heavy atom. The summed E-state index contributed by atoms with van der Waals surface area (Å²) < 4.78 is 44.0. The van der Waals surface area contributed by atoms with Crippen molar-refractivity contribution in [2.75, 3.05) is 18.1 Å². The van der Waals surface area contributed by atoms with Gasteiger partial charge in [0.05, 0.1) is 28.5 Å². The van der Waals surface area contributed by atoms with E-state index < -0.39 is 41.1 Å². The van der Waals surface area contributed by atoms with Gasteiger partial charge in [-0.05, 0) is 23.1 Å². The van der Waals surface area contributed by atoms with Crippen LogP contribution in [-0.4, -0.2) is 36.1 Å². The molecule has 0 spiro atoms. The summed E-state index contributed by atoms with van der Waals surface area (Å²) in [7, 11) is 0. The van der Waals surface area contributed by atoms with Crippen molar-refractivity contribution in [1.29, 1.82) is 5.26 Å². The summed E-state index contributed by atoms with van der Waals surface area (Å²) in [6, 6.07) is 6.72. The standard InChI is InChI=1S/C18H12F3N3O5/c1-9(25)29-8-12-7-23(17(26)18(19,20)21)13-3-2-11-4-10(6-22)5-14(24(27)28)15(11)16(12)13/h2-5,12H,7-8H2,1H3. The quantitative estimate of drug-likeness (QED) is 0.439. The normalized spacial score (nSPS) is 15.7. The molecule has 1 aliphatic heterocycles. The molecule has 0 N–H and O–H groups in total. The summed E-state index contributed by atoms with van der Waals surface area (Å²) in [6.07, 6.45) is -5.15. The number of rotatable bonds is 3. The fraction of sp³-hybridized carbons (Fsp3) is 0.278. The van der Waals surface area contributed by atoms with Crippen LogP contribution in [0, 0.1) is 21.4 Å². The van der Waals surface area contributed by atoms with E-state index in [2.05, 4.69) is 0 Å². The minimum atomic E-state index is -5.15. The Morgan fingerprint density at radius 1 is 1.38 bits per heavy atom. The lowest BCUT2D eigenvalue weighted by atomic mass is 9.93. The number of nitriles is 1. The topological polar surface area (TPSA) is 114 Å². The lowest BCUT2D eigenvalue weighted by Crippen LogP contribution is -2.40. The van der Waals surface area contributed by atoms with E-state index in [9.17, 15) is 32.9 Å². The first-order valence-electron chi connectivity index (χ1n) is 8.21. The second-order valence-electron chi connectivity index (χ2n) is 6.37. The number of alkyl halides is 3. The van der Waals surface area contributed by atoms with Crippen LogP contribution >= 0.6 is 0 Å². The van der Waals surface area contributed by atoms with Gasteiger partial charge in [-0.15, -0.1) is 0 Å². The van der Waals surface area contributed by atoms with Crippen molar-refractivity contribution in [3.63, 3.8) is 0 Å². The maximum absolute atomic E-state index is 13.0. The van der Waals surface area contributed by atoms with Gasteiger partial charge in [-0.25, -0.2) is 0 Å². The van der Waals surface area contributed by atoms with Crippen molar-refractivity contribution < 1.29 is 32.4 Å². The van der Waals surface area contributed by atoms with E-state index >= 15 is 0 Å². The van der Waals surface area contributed by atoms with E-state index in [1.807, 2.05) is 0 Å². The van der Waals surface area contributed by atoms with Crippen LogP contribution in [0.5, 0.6) is 0 Å². The van der Waals surface area contributed by atoms with Gasteiger partial charge in [-0.1, -0.05) is 6.07 Å². The number of benzene rings is 2. The molecule has 1 amide bonds. The molecular formula is C18H12F3N3O5. The largest absolute Gasteiger partial charge is 0.471 e. The molecule has 1 heterocycles. The SMILES string of the molecule is CC(=O)OCC1CN(C(=O)C(F)(F)F)c2ccc3cc(C#N)cc([N+](=O)[O-])c3c21. The van der Waals surface area contributed by atoms with Gasteiger partial charge in [-0.2, -0.15) is 18.4 Å². The minimum absolute atomic E-state index is 0.00104. The van der Waals surface area contributed by atoms with E-state index in [1.165, 1.54) is 18.2 Å². The number of amides is 1. The number of hydrogen-bond donors (Lipinski definition) is 0. The van der Waals surface area contributed by atoms with Gasteiger partial charge < -0.3 is 9.64 Å². The molecule has 0 saturated heterocycles. The molecule has 0 saturated carbocycles. The fourth-order valence-electron chi connectivity index (χ4n) is 3.43. The smallest absolute Gasteiger partial charge is 0.465 e. The van der Waals surface area contributed by atoms with Gasteiger partial charge in [0.2, 0.25) is 0 Å². The fourth-order valence-corrected chi connectivity index (χ4v) is 3.43. The molecule has 2 aromatic rings. The van der Waals surface area contributed by atoms with Crippen LogP contribution in [0.1, 0.15) is 24.0 Å². The molecule has 0 fully saturated rings. The summed E-state index contributed by atoms with van der Waals surface area (Å²) in [6.45, 7) is 0.288. The Morgan fingerprint density at radius 3 is 2.62 bits per heavy atom. The van der Waals surface area contributed by atoms with Gasteiger partial charge >= 0.3 is 18.1 Å². The second-order valence-corrected chi connectivity index (χ2v) is 6.37. The number of carbonyl (C=O) groups is 2. The molecule has 150 valence electrons. The minimum Gasteiger partial charge on any atom is -0.465 e. The summed E-state index contributed by atoms with van der Waals surface area (Å²) in [4.78, 5) is 34.4. The first-order valence-corrected chi connectivity index (χ1v) is 8.21. The maximum atomic E-state index is 13.0. The van der Waals surface area contributed by atoms with Gasteiger partial charge in [-0.3, -0.25) is 19.7 Å². The van der Waals surface area contributed by atoms with Gasteiger partial charge in [0.1, 0.15) is 0 Å². The molecule has 0 radical (unpaired) electrons. The lowest BCUT2D eigenvalue weighted by Gasteiger charge is -2.19. The Hall–Kier alpha value is -3.68. The van der Waals surface area contributed by atoms with Crippen molar-refractivity contribution >= 4 is 34.0 Å². The number of nitro benzene ring substituents is 1. The molecule has 1 aliphatic rings. The number of nitro groups is 1. The molecule has 0 aliphatic carbocycles. The monoisotopic (exact) mass is 407 g/mol. The zero-order valence-electron chi connectivity index (χ0n) is 14.8. The Balaban J connectivity index is 2.29. The predicted octanol–water partition coefficient (Wildman–Crippen LogP) is 3.18. The van der Waals surface area contributed by atoms with Crippen molar-refractivity contribution in [3.8, 4) is 6.07 Å². The van der Waals surface area contributed by atoms with Gasteiger partial charge in [0.25, 0.3) is 5.69 Å². The molecule has 29 heavy (non-hydrogen) atoms. The van der Waals surface area contributed by atoms with E-state index in [4.69, 9.17) is 10.00 Å². The highest BCUT2D eigenvalue weighted by atomic mass is 19.4. The van der Waals surface area contributed by atoms with Gasteiger partial charge in [0, 0.05) is 31.1 Å². The Bertz CT molecular complexity index is 1090. The number of fused-ring (bicyclic) bond motifs is 3. The average Bonchev–Trinajstić information content (AvgIpc) is 3.02. The molecule has 0 bridgehead atoms. The van der Waals surface area contributed by atoms with Crippen molar-refractivity contribution in [3.05, 3.63) is 45.5 Å². The number of nitrogens with zero attached hydrogens (tertiary/aromatic N) is 3. The van der Waals surface area contributed by atoms with E-state index in [0.29, 0.717) is 4.90 Å². The molecule has 11 heteroatoms. The molecule has 1 atom stereocenters. The molecule has 2 aromatic carbocycles. The van der Waals surface area contributed by atoms with Crippen molar-refractivity contribution in [1.82, 2.24) is 0 Å². The van der Waals surface area contributed by atoms with Crippen LogP contribution in [0.25, 0.3) is 10.8 Å². The number of halogens is 3. The Kier molecular flexibility index (Phi) is 4.88. The van der Waals surface area contributed by atoms with Gasteiger partial charge in [0.15, 0.2) is 0 Å². The number of anilines is 1. The highest BCUT2D eigenvalue weighted by molar-refractivity contribution is 6.06. The highest BCUT2D eigenvalue weighted by Gasteiger charge is 2.47. The first-order chi connectivity index (χ1) is 13.5. The van der Waals surface area contributed by atoms with E-state index in [0.717, 1.165) is 13.0 Å². The third kappa shape index (κ3) is 3.56. The molecule has 3 rings (SSSR count). The number of carbonyl (C=O) groups excluding carboxylic acids is 2. The van der Waals surface area contributed by atoms with Crippen LogP contribution in [0.15, 0.2) is 24.3 Å². The number of hydrogen-bond acceptors (Lipinski definition) is 6. The zero-order chi connectivity index (χ0) is 21.5. The van der Waals surface area contributed by atoms with Crippen molar-refractivity contribution in [2.45, 2.75) is 19.0 Å². The van der Waals surface area contributed by atoms with E-state index in [-0.39, 0.29) is 34.2 Å². The molecular weight excluding hydrogens is 395 g/mol. The van der Waals surface area contributed by atoms with Crippen molar-refractivity contribution in [2.24, 2.45) is 0 Å². The molecule has 0 aromatic heterocycles.